The highest BCUT2D eigenvalue weighted by molar-refractivity contribution is 5.27. The predicted molar refractivity (Wildman–Crippen MR) is 77.8 cm³/mol. The van der Waals surface area contributed by atoms with Gasteiger partial charge in [0.2, 0.25) is 0 Å². The Morgan fingerprint density at radius 2 is 1.76 bits per heavy atom. The first-order valence-electron chi connectivity index (χ1n) is 7.49. The SMILES string of the molecule is CN(CC1CCCC1)C(CN)c1ccc(C(F)(F)F)cc1. The van der Waals surface area contributed by atoms with Crippen LogP contribution in [-0.2, 0) is 6.18 Å². The van der Waals surface area contributed by atoms with Crippen molar-refractivity contribution in [2.24, 2.45) is 11.7 Å². The molecule has 1 atom stereocenters. The molecule has 1 aliphatic rings. The van der Waals surface area contributed by atoms with Gasteiger partial charge in [0.1, 0.15) is 0 Å². The highest BCUT2D eigenvalue weighted by atomic mass is 19.4. The maximum Gasteiger partial charge on any atom is 0.416 e. The van der Waals surface area contributed by atoms with E-state index in [9.17, 15) is 13.2 Å². The summed E-state index contributed by atoms with van der Waals surface area (Å²) in [6.07, 6.45) is 0.772. The summed E-state index contributed by atoms with van der Waals surface area (Å²) >= 11 is 0. The molecule has 1 aliphatic carbocycles. The van der Waals surface area contributed by atoms with Crippen molar-refractivity contribution in [3.05, 3.63) is 35.4 Å². The van der Waals surface area contributed by atoms with Crippen LogP contribution in [0.3, 0.4) is 0 Å². The normalized spacial score (nSPS) is 18.4. The van der Waals surface area contributed by atoms with E-state index in [1.54, 1.807) is 12.1 Å². The molecule has 1 unspecified atom stereocenters. The maximum absolute atomic E-state index is 12.6. The number of likely N-dealkylation sites (N-methyl/N-ethyl adjacent to an activating group) is 1. The molecule has 2 nitrogen and oxygen atoms in total. The minimum atomic E-state index is -4.29. The van der Waals surface area contributed by atoms with E-state index < -0.39 is 11.7 Å². The maximum atomic E-state index is 12.6. The Hall–Kier alpha value is -1.07. The van der Waals surface area contributed by atoms with Gasteiger partial charge in [0, 0.05) is 19.1 Å². The summed E-state index contributed by atoms with van der Waals surface area (Å²) in [7, 11) is 2.01. The quantitative estimate of drug-likeness (QED) is 0.895. The predicted octanol–water partition coefficient (Wildman–Crippen LogP) is 3.83. The molecule has 118 valence electrons. The Morgan fingerprint density at radius 1 is 1.19 bits per heavy atom. The second-order valence-corrected chi connectivity index (χ2v) is 5.96. The average Bonchev–Trinajstić information content (AvgIpc) is 2.92. The van der Waals surface area contributed by atoms with Crippen molar-refractivity contribution in [1.82, 2.24) is 4.90 Å². The van der Waals surface area contributed by atoms with Crippen LogP contribution in [0.2, 0.25) is 0 Å². The van der Waals surface area contributed by atoms with E-state index in [4.69, 9.17) is 5.73 Å². The lowest BCUT2D eigenvalue weighted by Gasteiger charge is -2.29. The standard InChI is InChI=1S/C16H23F3N2/c1-21(11-12-4-2-3-5-12)15(10-20)13-6-8-14(9-7-13)16(17,18)19/h6-9,12,15H,2-5,10-11,20H2,1H3. The molecule has 0 heterocycles. The van der Waals surface area contributed by atoms with Crippen LogP contribution >= 0.6 is 0 Å². The van der Waals surface area contributed by atoms with Crippen molar-refractivity contribution in [2.75, 3.05) is 20.1 Å². The molecule has 0 bridgehead atoms. The molecule has 0 aliphatic heterocycles. The Morgan fingerprint density at radius 3 is 2.24 bits per heavy atom. The molecular formula is C16H23F3N2. The largest absolute Gasteiger partial charge is 0.416 e. The summed E-state index contributed by atoms with van der Waals surface area (Å²) in [4.78, 5) is 2.18. The summed E-state index contributed by atoms with van der Waals surface area (Å²) in [6.45, 7) is 1.37. The summed E-state index contributed by atoms with van der Waals surface area (Å²) in [6, 6.07) is 5.35. The second kappa shape index (κ2) is 6.79. The van der Waals surface area contributed by atoms with E-state index in [0.717, 1.165) is 24.2 Å². The molecule has 21 heavy (non-hydrogen) atoms. The summed E-state index contributed by atoms with van der Waals surface area (Å²) in [5.41, 5.74) is 6.08. The zero-order valence-electron chi connectivity index (χ0n) is 12.4. The summed E-state index contributed by atoms with van der Waals surface area (Å²) in [5, 5.41) is 0. The molecule has 5 heteroatoms. The van der Waals surface area contributed by atoms with E-state index in [1.807, 2.05) is 7.05 Å². The molecule has 1 aromatic rings. The minimum absolute atomic E-state index is 0.0205. The number of halogens is 3. The van der Waals surface area contributed by atoms with E-state index in [1.165, 1.54) is 25.7 Å². The molecule has 0 radical (unpaired) electrons. The summed E-state index contributed by atoms with van der Waals surface area (Å²) in [5.74, 6) is 0.693. The lowest BCUT2D eigenvalue weighted by atomic mass is 10.0. The van der Waals surface area contributed by atoms with Crippen LogP contribution < -0.4 is 5.73 Å². The van der Waals surface area contributed by atoms with E-state index in [2.05, 4.69) is 4.90 Å². The van der Waals surface area contributed by atoms with Crippen molar-refractivity contribution in [1.29, 1.82) is 0 Å². The van der Waals surface area contributed by atoms with Crippen LogP contribution in [0.15, 0.2) is 24.3 Å². The number of alkyl halides is 3. The monoisotopic (exact) mass is 300 g/mol. The van der Waals surface area contributed by atoms with Gasteiger partial charge in [-0.1, -0.05) is 25.0 Å². The second-order valence-electron chi connectivity index (χ2n) is 5.96. The smallest absolute Gasteiger partial charge is 0.329 e. The van der Waals surface area contributed by atoms with Crippen molar-refractivity contribution in [2.45, 2.75) is 37.9 Å². The van der Waals surface area contributed by atoms with Gasteiger partial charge in [0.05, 0.1) is 5.56 Å². The Labute approximate surface area is 124 Å². The fraction of sp³-hybridized carbons (Fsp3) is 0.625. The van der Waals surface area contributed by atoms with E-state index >= 15 is 0 Å². The number of rotatable bonds is 5. The first kappa shape index (κ1) is 16.3. The minimum Gasteiger partial charge on any atom is -0.329 e. The number of hydrogen-bond acceptors (Lipinski definition) is 2. The molecule has 1 saturated carbocycles. The molecule has 2 rings (SSSR count). The third-order valence-corrected chi connectivity index (χ3v) is 4.40. The Balaban J connectivity index is 2.05. The number of benzene rings is 1. The van der Waals surface area contributed by atoms with Gasteiger partial charge in [-0.15, -0.1) is 0 Å². The number of nitrogens with two attached hydrogens (primary N) is 1. The van der Waals surface area contributed by atoms with Gasteiger partial charge in [-0.2, -0.15) is 13.2 Å². The summed E-state index contributed by atoms with van der Waals surface area (Å²) < 4.78 is 37.8. The molecule has 2 N–H and O–H groups in total. The fourth-order valence-corrected chi connectivity index (χ4v) is 3.19. The molecule has 1 aromatic carbocycles. The average molecular weight is 300 g/mol. The van der Waals surface area contributed by atoms with Gasteiger partial charge in [0.15, 0.2) is 0 Å². The lowest BCUT2D eigenvalue weighted by Crippen LogP contribution is -2.33. The fourth-order valence-electron chi connectivity index (χ4n) is 3.19. The first-order valence-corrected chi connectivity index (χ1v) is 7.49. The van der Waals surface area contributed by atoms with Gasteiger partial charge in [-0.3, -0.25) is 4.90 Å². The molecule has 1 fully saturated rings. The number of nitrogens with zero attached hydrogens (tertiary/aromatic N) is 1. The van der Waals surface area contributed by atoms with Crippen LogP contribution in [0.5, 0.6) is 0 Å². The van der Waals surface area contributed by atoms with Gasteiger partial charge in [0.25, 0.3) is 0 Å². The van der Waals surface area contributed by atoms with E-state index in [0.29, 0.717) is 12.5 Å². The van der Waals surface area contributed by atoms with Gasteiger partial charge >= 0.3 is 6.18 Å². The van der Waals surface area contributed by atoms with Gasteiger partial charge < -0.3 is 5.73 Å². The lowest BCUT2D eigenvalue weighted by molar-refractivity contribution is -0.137. The first-order chi connectivity index (χ1) is 9.91. The topological polar surface area (TPSA) is 29.3 Å². The molecule has 0 saturated heterocycles. The van der Waals surface area contributed by atoms with Crippen LogP contribution in [0.4, 0.5) is 13.2 Å². The van der Waals surface area contributed by atoms with Crippen molar-refractivity contribution in [3.63, 3.8) is 0 Å². The Bertz CT molecular complexity index is 436. The molecular weight excluding hydrogens is 277 g/mol. The highest BCUT2D eigenvalue weighted by Gasteiger charge is 2.30. The van der Waals surface area contributed by atoms with Crippen molar-refractivity contribution in [3.8, 4) is 0 Å². The van der Waals surface area contributed by atoms with E-state index in [-0.39, 0.29) is 6.04 Å². The third kappa shape index (κ3) is 4.20. The van der Waals surface area contributed by atoms with Crippen LogP contribution in [0, 0.1) is 5.92 Å². The van der Waals surface area contributed by atoms with Crippen molar-refractivity contribution >= 4 is 0 Å². The zero-order valence-corrected chi connectivity index (χ0v) is 12.4. The zero-order chi connectivity index (χ0) is 15.5. The molecule has 0 spiro atoms. The highest BCUT2D eigenvalue weighted by Crippen LogP contribution is 2.31. The van der Waals surface area contributed by atoms with Gasteiger partial charge in [-0.05, 0) is 43.5 Å². The third-order valence-electron chi connectivity index (χ3n) is 4.40. The number of hydrogen-bond donors (Lipinski definition) is 1. The molecule has 0 aromatic heterocycles. The molecule has 0 amide bonds. The van der Waals surface area contributed by atoms with Crippen molar-refractivity contribution < 1.29 is 13.2 Å². The van der Waals surface area contributed by atoms with Crippen LogP contribution in [0.1, 0.15) is 42.9 Å². The van der Waals surface area contributed by atoms with Gasteiger partial charge in [-0.25, -0.2) is 0 Å². The van der Waals surface area contributed by atoms with Crippen LogP contribution in [0.25, 0.3) is 0 Å². The van der Waals surface area contributed by atoms with Crippen LogP contribution in [-0.4, -0.2) is 25.0 Å². The Kier molecular flexibility index (Phi) is 5.27.